The van der Waals surface area contributed by atoms with Gasteiger partial charge < -0.3 is 9.05 Å². The molecule has 2 aromatic rings. The van der Waals surface area contributed by atoms with Crippen LogP contribution in [0.4, 0.5) is 0 Å². The summed E-state index contributed by atoms with van der Waals surface area (Å²) in [5.74, 6) is 1.02. The van der Waals surface area contributed by atoms with Gasteiger partial charge in [0.1, 0.15) is 11.5 Å². The van der Waals surface area contributed by atoms with Crippen LogP contribution < -0.4 is 9.05 Å². The van der Waals surface area contributed by atoms with Gasteiger partial charge in [0.2, 0.25) is 38.4 Å². The number of carbonyl (C=O) groups is 4. The fourth-order valence-corrected chi connectivity index (χ4v) is 10.2. The third-order valence-corrected chi connectivity index (χ3v) is 12.6. The molecular formula is C39H54O6P2. The van der Waals surface area contributed by atoms with Gasteiger partial charge in [-0.25, -0.2) is 0 Å². The summed E-state index contributed by atoms with van der Waals surface area (Å²) in [5, 5.41) is 0. The Kier molecular flexibility index (Phi) is 15.6. The Morgan fingerprint density at radius 1 is 0.468 bits per heavy atom. The first-order valence-electron chi connectivity index (χ1n) is 18.1. The van der Waals surface area contributed by atoms with Crippen molar-refractivity contribution in [3.63, 3.8) is 0 Å². The minimum Gasteiger partial charge on any atom is -0.459 e. The van der Waals surface area contributed by atoms with Crippen LogP contribution in [-0.2, 0) is 32.0 Å². The average molecular weight is 681 g/mol. The number of rotatable bonds is 20. The van der Waals surface area contributed by atoms with Crippen molar-refractivity contribution in [3.05, 3.63) is 59.7 Å². The summed E-state index contributed by atoms with van der Waals surface area (Å²) in [5.41, 5.74) is 0.293. The molecule has 0 bridgehead atoms. The van der Waals surface area contributed by atoms with Crippen molar-refractivity contribution < 1.29 is 28.2 Å². The summed E-state index contributed by atoms with van der Waals surface area (Å²) >= 11 is 0. The molecule has 0 saturated carbocycles. The molecule has 8 heteroatoms. The summed E-state index contributed by atoms with van der Waals surface area (Å²) < 4.78 is 11.9. The second-order valence-electron chi connectivity index (χ2n) is 13.6. The van der Waals surface area contributed by atoms with Crippen molar-refractivity contribution in [3.8, 4) is 11.5 Å². The van der Waals surface area contributed by atoms with E-state index in [2.05, 4.69) is 13.8 Å². The smallest absolute Gasteiger partial charge is 0.223 e. The molecule has 2 aliphatic rings. The lowest BCUT2D eigenvalue weighted by atomic mass is 9.76. The molecule has 2 aromatic carbocycles. The average Bonchev–Trinajstić information content (AvgIpc) is 3.05. The molecule has 0 aromatic heterocycles. The van der Waals surface area contributed by atoms with Crippen LogP contribution in [0.5, 0.6) is 11.5 Å². The molecule has 0 radical (unpaired) electrons. The molecule has 47 heavy (non-hydrogen) atoms. The minimum atomic E-state index is -1.97. The molecule has 0 atom stereocenters. The summed E-state index contributed by atoms with van der Waals surface area (Å²) in [7, 11) is -3.94. The molecule has 0 N–H and O–H groups in total. The van der Waals surface area contributed by atoms with Crippen molar-refractivity contribution in [1.82, 2.24) is 0 Å². The van der Waals surface area contributed by atoms with Gasteiger partial charge in [-0.15, -0.1) is 0 Å². The Bertz CT molecular complexity index is 1160. The Labute approximate surface area is 284 Å². The first-order valence-corrected chi connectivity index (χ1v) is 20.6. The van der Waals surface area contributed by atoms with Gasteiger partial charge in [-0.2, -0.15) is 0 Å². The highest BCUT2D eigenvalue weighted by molar-refractivity contribution is 7.86. The zero-order valence-electron chi connectivity index (χ0n) is 28.6. The molecule has 256 valence electrons. The molecule has 6 nitrogen and oxygen atoms in total. The maximum Gasteiger partial charge on any atom is 0.223 e. The minimum absolute atomic E-state index is 0.00867. The molecule has 0 aliphatic carbocycles. The highest BCUT2D eigenvalue weighted by Crippen LogP contribution is 2.60. The number of carbonyl (C=O) groups excluding carboxylic acids is 4. The summed E-state index contributed by atoms with van der Waals surface area (Å²) in [6, 6.07) is 15.4. The standard InChI is InChI=1S/C39H54O6P2/c1-3-5-7-9-11-13-15-17-31-19-23-33(24-20-31)44-46-35(40)27-39(28-36(46)41)29-37(42)47(38(43)30-39)45-34-25-21-32(22-26-34)18-16-14-12-10-8-6-4-2/h19-26H,3-18,27-30H2,1-2H3. The molecular weight excluding hydrogens is 626 g/mol. The highest BCUT2D eigenvalue weighted by atomic mass is 31.1. The lowest BCUT2D eigenvalue weighted by Crippen LogP contribution is -2.40. The van der Waals surface area contributed by atoms with Crippen LogP contribution in [0.15, 0.2) is 48.5 Å². The lowest BCUT2D eigenvalue weighted by Gasteiger charge is -2.40. The van der Waals surface area contributed by atoms with E-state index in [1.165, 1.54) is 88.2 Å². The topological polar surface area (TPSA) is 86.7 Å². The van der Waals surface area contributed by atoms with Crippen molar-refractivity contribution >= 4 is 38.4 Å². The third-order valence-electron chi connectivity index (χ3n) is 9.39. The van der Waals surface area contributed by atoms with Crippen LogP contribution in [0.2, 0.25) is 0 Å². The van der Waals surface area contributed by atoms with E-state index in [1.54, 1.807) is 0 Å². The van der Waals surface area contributed by atoms with Crippen molar-refractivity contribution in [1.29, 1.82) is 0 Å². The fraction of sp³-hybridized carbons (Fsp3) is 0.590. The van der Waals surface area contributed by atoms with E-state index in [0.717, 1.165) is 25.7 Å². The first-order chi connectivity index (χ1) is 22.8. The van der Waals surface area contributed by atoms with E-state index in [9.17, 15) is 19.2 Å². The number of hydrogen-bond donors (Lipinski definition) is 0. The van der Waals surface area contributed by atoms with E-state index in [0.29, 0.717) is 11.5 Å². The molecule has 0 amide bonds. The van der Waals surface area contributed by atoms with Gasteiger partial charge in [0.05, 0.1) is 0 Å². The number of hydrogen-bond acceptors (Lipinski definition) is 6. The first kappa shape index (κ1) is 37.4. The fourth-order valence-electron chi connectivity index (χ4n) is 6.64. The van der Waals surface area contributed by atoms with E-state index in [-0.39, 0.29) is 47.8 Å². The summed E-state index contributed by atoms with van der Waals surface area (Å²) in [6.07, 6.45) is 19.7. The normalized spacial score (nSPS) is 21.4. The van der Waals surface area contributed by atoms with Gasteiger partial charge in [0, 0.05) is 25.7 Å². The predicted molar refractivity (Wildman–Crippen MR) is 192 cm³/mol. The van der Waals surface area contributed by atoms with E-state index in [1.807, 2.05) is 48.5 Å². The van der Waals surface area contributed by atoms with E-state index >= 15 is 0 Å². The summed E-state index contributed by atoms with van der Waals surface area (Å²) in [6.45, 7) is 4.46. The zero-order valence-corrected chi connectivity index (χ0v) is 30.4. The van der Waals surface area contributed by atoms with Crippen LogP contribution in [0.1, 0.15) is 141 Å². The second-order valence-corrected chi connectivity index (χ2v) is 17.1. The Balaban J connectivity index is 1.21. The molecule has 2 saturated heterocycles. The van der Waals surface area contributed by atoms with Crippen LogP contribution in [0.3, 0.4) is 0 Å². The number of unbranched alkanes of at least 4 members (excludes halogenated alkanes) is 12. The van der Waals surface area contributed by atoms with Gasteiger partial charge >= 0.3 is 0 Å². The maximum atomic E-state index is 13.2. The summed E-state index contributed by atoms with van der Waals surface area (Å²) in [4.78, 5) is 52.9. The number of benzene rings is 2. The van der Waals surface area contributed by atoms with Gasteiger partial charge in [0.25, 0.3) is 0 Å². The molecule has 2 heterocycles. The van der Waals surface area contributed by atoms with Gasteiger partial charge in [-0.05, 0) is 66.5 Å². The zero-order chi connectivity index (χ0) is 33.5. The van der Waals surface area contributed by atoms with Crippen LogP contribution >= 0.6 is 16.3 Å². The SMILES string of the molecule is CCCCCCCCCc1ccc(OP2C(=O)CC3(CC2=O)CC(=O)P(Oc2ccc(CCCCCCCCC)cc2)C(=O)C3)cc1. The van der Waals surface area contributed by atoms with Gasteiger partial charge in [-0.1, -0.05) is 115 Å². The van der Waals surface area contributed by atoms with Crippen molar-refractivity contribution in [2.24, 2.45) is 5.41 Å². The van der Waals surface area contributed by atoms with Crippen LogP contribution in [-0.4, -0.2) is 22.1 Å². The third kappa shape index (κ3) is 11.9. The quantitative estimate of drug-likeness (QED) is 0.102. The molecule has 2 fully saturated rings. The van der Waals surface area contributed by atoms with Gasteiger partial charge in [0.15, 0.2) is 0 Å². The van der Waals surface area contributed by atoms with Crippen molar-refractivity contribution in [2.75, 3.05) is 0 Å². The Hall–Kier alpha value is -2.42. The lowest BCUT2D eigenvalue weighted by molar-refractivity contribution is -0.126. The largest absolute Gasteiger partial charge is 0.459 e. The molecule has 4 rings (SSSR count). The second kappa shape index (κ2) is 19.5. The number of aryl methyl sites for hydroxylation is 2. The van der Waals surface area contributed by atoms with Crippen LogP contribution in [0.25, 0.3) is 0 Å². The Morgan fingerprint density at radius 3 is 1.09 bits per heavy atom. The molecule has 2 aliphatic heterocycles. The van der Waals surface area contributed by atoms with Gasteiger partial charge in [-0.3, -0.25) is 19.2 Å². The van der Waals surface area contributed by atoms with E-state index < -0.39 is 21.7 Å². The molecule has 1 spiro atoms. The highest BCUT2D eigenvalue weighted by Gasteiger charge is 2.54. The van der Waals surface area contributed by atoms with Crippen LogP contribution in [0, 0.1) is 5.41 Å². The Morgan fingerprint density at radius 2 is 0.766 bits per heavy atom. The predicted octanol–water partition coefficient (Wildman–Crippen LogP) is 11.2. The van der Waals surface area contributed by atoms with E-state index in [4.69, 9.17) is 9.05 Å². The monoisotopic (exact) mass is 680 g/mol. The maximum absolute atomic E-state index is 13.2. The van der Waals surface area contributed by atoms with Crippen molar-refractivity contribution in [2.45, 2.75) is 142 Å². The molecule has 0 unspecified atom stereocenters.